The third-order valence-electron chi connectivity index (χ3n) is 2.60. The maximum Gasteiger partial charge on any atom is 0.257 e. The molecule has 0 aliphatic heterocycles. The van der Waals surface area contributed by atoms with Gasteiger partial charge in [-0.1, -0.05) is 0 Å². The fourth-order valence-electron chi connectivity index (χ4n) is 1.75. The van der Waals surface area contributed by atoms with E-state index < -0.39 is 0 Å². The highest BCUT2D eigenvalue weighted by atomic mass is 16.1. The quantitative estimate of drug-likeness (QED) is 0.686. The van der Waals surface area contributed by atoms with Crippen molar-refractivity contribution in [1.29, 1.82) is 0 Å². The summed E-state index contributed by atoms with van der Waals surface area (Å²) in [6.07, 6.45) is 5.05. The third-order valence-corrected chi connectivity index (χ3v) is 2.60. The predicted molar refractivity (Wildman–Crippen MR) is 65.6 cm³/mol. The molecule has 4 nitrogen and oxygen atoms in total. The molecule has 0 bridgehead atoms. The summed E-state index contributed by atoms with van der Waals surface area (Å²) in [5.41, 5.74) is 2.41. The zero-order valence-corrected chi connectivity index (χ0v) is 8.92. The molecule has 0 radical (unpaired) electrons. The van der Waals surface area contributed by atoms with E-state index in [1.807, 2.05) is 18.2 Å². The molecule has 1 N–H and O–H groups in total. The van der Waals surface area contributed by atoms with Gasteiger partial charge < -0.3 is 4.98 Å². The van der Waals surface area contributed by atoms with Gasteiger partial charge in [-0.25, -0.2) is 4.98 Å². The summed E-state index contributed by atoms with van der Waals surface area (Å²) in [5.74, 6) is 0. The number of aromatic amines is 1. The first kappa shape index (κ1) is 9.72. The van der Waals surface area contributed by atoms with E-state index >= 15 is 0 Å². The van der Waals surface area contributed by atoms with Gasteiger partial charge in [0, 0.05) is 24.2 Å². The van der Waals surface area contributed by atoms with Crippen LogP contribution in [0.1, 0.15) is 0 Å². The molecule has 0 aliphatic rings. The fourth-order valence-corrected chi connectivity index (χ4v) is 1.75. The normalized spacial score (nSPS) is 10.6. The van der Waals surface area contributed by atoms with Gasteiger partial charge in [0.25, 0.3) is 5.56 Å². The lowest BCUT2D eigenvalue weighted by Crippen LogP contribution is -2.05. The molecule has 4 heteroatoms. The summed E-state index contributed by atoms with van der Waals surface area (Å²) in [7, 11) is 0. The second kappa shape index (κ2) is 3.83. The van der Waals surface area contributed by atoms with Crippen molar-refractivity contribution >= 4 is 10.9 Å². The van der Waals surface area contributed by atoms with Gasteiger partial charge in [-0.3, -0.25) is 9.78 Å². The number of aromatic nitrogens is 3. The van der Waals surface area contributed by atoms with Crippen LogP contribution in [0, 0.1) is 0 Å². The van der Waals surface area contributed by atoms with Crippen LogP contribution in [0.2, 0.25) is 0 Å². The topological polar surface area (TPSA) is 58.6 Å². The summed E-state index contributed by atoms with van der Waals surface area (Å²) < 4.78 is 0. The molecule has 0 aromatic carbocycles. The molecule has 0 spiro atoms. The minimum atomic E-state index is -0.115. The van der Waals surface area contributed by atoms with E-state index in [0.29, 0.717) is 10.9 Å². The van der Waals surface area contributed by atoms with E-state index in [0.717, 1.165) is 11.3 Å². The van der Waals surface area contributed by atoms with E-state index in [1.165, 1.54) is 0 Å². The first-order valence-corrected chi connectivity index (χ1v) is 5.23. The van der Waals surface area contributed by atoms with Gasteiger partial charge >= 0.3 is 0 Å². The molecule has 3 rings (SSSR count). The van der Waals surface area contributed by atoms with Gasteiger partial charge in [-0.05, 0) is 30.3 Å². The monoisotopic (exact) mass is 223 g/mol. The summed E-state index contributed by atoms with van der Waals surface area (Å²) in [5, 5.41) is 0.602. The second-order valence-electron chi connectivity index (χ2n) is 3.67. The molecule has 0 saturated carbocycles. The Morgan fingerprint density at radius 2 is 1.82 bits per heavy atom. The Labute approximate surface area is 97.0 Å². The predicted octanol–water partition coefficient (Wildman–Crippen LogP) is 1.99. The average Bonchev–Trinajstić information content (AvgIpc) is 2.40. The minimum absolute atomic E-state index is 0.115. The lowest BCUT2D eigenvalue weighted by atomic mass is 10.1. The number of nitrogens with one attached hydrogen (secondary N) is 1. The number of nitrogens with zero attached hydrogens (tertiary/aromatic N) is 2. The summed E-state index contributed by atoms with van der Waals surface area (Å²) in [4.78, 5) is 22.6. The van der Waals surface area contributed by atoms with Crippen LogP contribution in [0.5, 0.6) is 0 Å². The van der Waals surface area contributed by atoms with Crippen molar-refractivity contribution in [2.45, 2.75) is 0 Å². The molecular formula is C13H9N3O. The van der Waals surface area contributed by atoms with Crippen molar-refractivity contribution < 1.29 is 0 Å². The van der Waals surface area contributed by atoms with Crippen molar-refractivity contribution in [3.8, 4) is 11.3 Å². The number of H-pyrrole nitrogens is 1. The summed E-state index contributed by atoms with van der Waals surface area (Å²) >= 11 is 0. The van der Waals surface area contributed by atoms with Gasteiger partial charge in [0.15, 0.2) is 0 Å². The second-order valence-corrected chi connectivity index (χ2v) is 3.67. The molecule has 0 amide bonds. The fraction of sp³-hybridized carbons (Fsp3) is 0. The highest BCUT2D eigenvalue weighted by Gasteiger charge is 2.02. The minimum Gasteiger partial charge on any atom is -0.328 e. The molecular weight excluding hydrogens is 214 g/mol. The number of hydrogen-bond acceptors (Lipinski definition) is 3. The van der Waals surface area contributed by atoms with Crippen molar-refractivity contribution in [1.82, 2.24) is 15.0 Å². The number of pyridine rings is 3. The zero-order valence-electron chi connectivity index (χ0n) is 8.92. The smallest absolute Gasteiger partial charge is 0.257 e. The highest BCUT2D eigenvalue weighted by Crippen LogP contribution is 2.17. The lowest BCUT2D eigenvalue weighted by Gasteiger charge is -2.01. The first-order chi connectivity index (χ1) is 8.34. The van der Waals surface area contributed by atoms with Crippen LogP contribution in [0.3, 0.4) is 0 Å². The first-order valence-electron chi connectivity index (χ1n) is 5.23. The van der Waals surface area contributed by atoms with Gasteiger partial charge in [0.1, 0.15) is 0 Å². The Balaban J connectivity index is 2.25. The maximum atomic E-state index is 11.5. The van der Waals surface area contributed by atoms with Crippen LogP contribution in [0.15, 0.2) is 53.7 Å². The standard InChI is InChI=1S/C13H9N3O/c17-13-10-1-2-11(9-3-6-14-7-4-9)16-12(10)5-8-15-13/h1-8H,(H,15,17). The van der Waals surface area contributed by atoms with Crippen LogP contribution in [-0.4, -0.2) is 15.0 Å². The summed E-state index contributed by atoms with van der Waals surface area (Å²) in [6, 6.07) is 9.20. The molecule has 0 fully saturated rings. The molecule has 17 heavy (non-hydrogen) atoms. The number of fused-ring (bicyclic) bond motifs is 1. The SMILES string of the molecule is O=c1[nH]ccc2nc(-c3ccncc3)ccc12. The molecule has 0 aliphatic carbocycles. The van der Waals surface area contributed by atoms with E-state index in [-0.39, 0.29) is 5.56 Å². The van der Waals surface area contributed by atoms with Crippen LogP contribution < -0.4 is 5.56 Å². The van der Waals surface area contributed by atoms with Crippen molar-refractivity contribution in [3.05, 3.63) is 59.3 Å². The van der Waals surface area contributed by atoms with Crippen molar-refractivity contribution in [2.24, 2.45) is 0 Å². The van der Waals surface area contributed by atoms with E-state index in [4.69, 9.17) is 0 Å². The van der Waals surface area contributed by atoms with E-state index in [1.54, 1.807) is 30.7 Å². The molecule has 0 unspecified atom stereocenters. The Hall–Kier alpha value is -2.49. The van der Waals surface area contributed by atoms with Crippen molar-refractivity contribution in [2.75, 3.05) is 0 Å². The van der Waals surface area contributed by atoms with Crippen LogP contribution >= 0.6 is 0 Å². The van der Waals surface area contributed by atoms with Gasteiger partial charge in [0.2, 0.25) is 0 Å². The van der Waals surface area contributed by atoms with Gasteiger partial charge in [-0.15, -0.1) is 0 Å². The van der Waals surface area contributed by atoms with Crippen molar-refractivity contribution in [3.63, 3.8) is 0 Å². The van der Waals surface area contributed by atoms with E-state index in [9.17, 15) is 4.79 Å². The summed E-state index contributed by atoms with van der Waals surface area (Å²) in [6.45, 7) is 0. The van der Waals surface area contributed by atoms with Crippen LogP contribution in [-0.2, 0) is 0 Å². The van der Waals surface area contributed by atoms with Crippen LogP contribution in [0.25, 0.3) is 22.2 Å². The molecule has 3 aromatic rings. The Morgan fingerprint density at radius 1 is 1.00 bits per heavy atom. The Kier molecular flexibility index (Phi) is 2.19. The van der Waals surface area contributed by atoms with E-state index in [2.05, 4.69) is 15.0 Å². The van der Waals surface area contributed by atoms with Crippen LogP contribution in [0.4, 0.5) is 0 Å². The number of rotatable bonds is 1. The molecule has 0 atom stereocenters. The Morgan fingerprint density at radius 3 is 2.65 bits per heavy atom. The molecule has 3 aromatic heterocycles. The maximum absolute atomic E-state index is 11.5. The van der Waals surface area contributed by atoms with Gasteiger partial charge in [0.05, 0.1) is 16.6 Å². The Bertz CT molecular complexity index is 719. The average molecular weight is 223 g/mol. The highest BCUT2D eigenvalue weighted by molar-refractivity contribution is 5.80. The number of hydrogen-bond donors (Lipinski definition) is 1. The largest absolute Gasteiger partial charge is 0.328 e. The lowest BCUT2D eigenvalue weighted by molar-refractivity contribution is 1.25. The molecule has 0 saturated heterocycles. The van der Waals surface area contributed by atoms with Gasteiger partial charge in [-0.2, -0.15) is 0 Å². The third kappa shape index (κ3) is 1.69. The zero-order chi connectivity index (χ0) is 11.7. The molecule has 3 heterocycles. The molecule has 82 valence electrons.